The maximum atomic E-state index is 11.3. The molecule has 0 aliphatic heterocycles. The molecule has 14 heavy (non-hydrogen) atoms. The van der Waals surface area contributed by atoms with E-state index in [9.17, 15) is 8.53 Å². The van der Waals surface area contributed by atoms with Crippen molar-refractivity contribution in [3.8, 4) is 0 Å². The summed E-state index contributed by atoms with van der Waals surface area (Å²) in [5, 5.41) is 11.0. The molecular weight excluding hydrogens is 245 g/mol. The van der Waals surface area contributed by atoms with Crippen LogP contribution in [0.4, 0.5) is 0 Å². The molecule has 0 radical (unpaired) electrons. The molecule has 0 unspecified atom stereocenters. The predicted octanol–water partition coefficient (Wildman–Crippen LogP) is -0.916. The Morgan fingerprint density at radius 1 is 1.36 bits per heavy atom. The Morgan fingerprint density at radius 2 is 2.00 bits per heavy atom. The first-order valence-corrected chi connectivity index (χ1v) is 5.81. The molecule has 0 aromatic heterocycles. The molecule has 4 nitrogen and oxygen atoms in total. The van der Waals surface area contributed by atoms with E-state index in [0.29, 0.717) is 5.56 Å². The summed E-state index contributed by atoms with van der Waals surface area (Å²) in [4.78, 5) is 11.3. The van der Waals surface area contributed by atoms with E-state index in [-0.39, 0.29) is 19.1 Å². The Morgan fingerprint density at radius 3 is 2.50 bits per heavy atom. The number of aliphatic hydroxyl groups is 1. The van der Waals surface area contributed by atoms with Gasteiger partial charge >= 0.3 is 87.9 Å². The van der Waals surface area contributed by atoms with Crippen molar-refractivity contribution in [1.82, 2.24) is 5.32 Å². The average molecular weight is 255 g/mol. The molecule has 74 valence electrons. The molecule has 0 fully saturated rings. The van der Waals surface area contributed by atoms with Crippen molar-refractivity contribution in [3.63, 3.8) is 0 Å². The van der Waals surface area contributed by atoms with Crippen LogP contribution in [0.25, 0.3) is 0 Å². The van der Waals surface area contributed by atoms with Gasteiger partial charge in [-0.1, -0.05) is 0 Å². The summed E-state index contributed by atoms with van der Waals surface area (Å²) in [5.41, 5.74) is 0.511. The molecule has 1 rings (SSSR count). The van der Waals surface area contributed by atoms with Crippen LogP contribution in [0.15, 0.2) is 24.3 Å². The third kappa shape index (κ3) is 3.05. The summed E-state index contributed by atoms with van der Waals surface area (Å²) < 4.78 is 11.3. The summed E-state index contributed by atoms with van der Waals surface area (Å²) in [7, 11) is 0. The molecule has 1 aromatic rings. The quantitative estimate of drug-likeness (QED) is 0.684. The first kappa shape index (κ1) is 11.1. The number of rotatable bonds is 4. The molecule has 0 atom stereocenters. The monoisotopic (exact) mass is 255 g/mol. The Kier molecular flexibility index (Phi) is 4.50. The summed E-state index contributed by atoms with van der Waals surface area (Å²) >= 11 is -1.03. The maximum absolute atomic E-state index is 11.3. The van der Waals surface area contributed by atoms with Gasteiger partial charge < -0.3 is 0 Å². The molecule has 0 saturated heterocycles. The van der Waals surface area contributed by atoms with Crippen LogP contribution in [0.2, 0.25) is 0 Å². The third-order valence-corrected chi connectivity index (χ3v) is 2.70. The van der Waals surface area contributed by atoms with E-state index in [4.69, 9.17) is 5.11 Å². The zero-order valence-electron chi connectivity index (χ0n) is 7.43. The van der Waals surface area contributed by atoms with Crippen molar-refractivity contribution in [1.29, 1.82) is 0 Å². The first-order chi connectivity index (χ1) is 6.77. The van der Waals surface area contributed by atoms with E-state index in [2.05, 4.69) is 5.32 Å². The molecule has 0 saturated carbocycles. The van der Waals surface area contributed by atoms with Crippen molar-refractivity contribution < 1.29 is 13.6 Å². The Hall–Kier alpha value is -0.992. The average Bonchev–Trinajstić information content (AvgIpc) is 2.26. The van der Waals surface area contributed by atoms with Gasteiger partial charge in [0.05, 0.1) is 0 Å². The predicted molar refractivity (Wildman–Crippen MR) is 51.9 cm³/mol. The molecule has 2 N–H and O–H groups in total. The summed E-state index contributed by atoms with van der Waals surface area (Å²) in [6.45, 7) is 0.170. The van der Waals surface area contributed by atoms with Gasteiger partial charge in [0.25, 0.3) is 0 Å². The van der Waals surface area contributed by atoms with Crippen molar-refractivity contribution in [2.24, 2.45) is 0 Å². The van der Waals surface area contributed by atoms with Crippen LogP contribution in [0.5, 0.6) is 0 Å². The van der Waals surface area contributed by atoms with E-state index < -0.39 is 15.7 Å². The molecular formula is C9H10AsNO3. The Labute approximate surface area is 88.2 Å². The van der Waals surface area contributed by atoms with E-state index in [1.54, 1.807) is 24.3 Å². The summed E-state index contributed by atoms with van der Waals surface area (Å²) in [5.74, 6) is -0.229. The van der Waals surface area contributed by atoms with Crippen LogP contribution < -0.4 is 9.67 Å². The molecule has 0 aliphatic rings. The fourth-order valence-corrected chi connectivity index (χ4v) is 1.51. The minimum absolute atomic E-state index is 0.0744. The summed E-state index contributed by atoms with van der Waals surface area (Å²) in [6, 6.07) is 6.58. The van der Waals surface area contributed by atoms with Crippen LogP contribution in [0.1, 0.15) is 10.4 Å². The van der Waals surface area contributed by atoms with Crippen LogP contribution in [0, 0.1) is 0 Å². The van der Waals surface area contributed by atoms with Crippen molar-refractivity contribution in [2.75, 3.05) is 13.2 Å². The number of benzene rings is 1. The topological polar surface area (TPSA) is 66.4 Å². The second-order valence-corrected chi connectivity index (χ2v) is 4.08. The van der Waals surface area contributed by atoms with E-state index in [0.717, 1.165) is 4.35 Å². The normalized spacial score (nSPS) is 10.1. The number of carbonyl (C=O) groups excluding carboxylic acids is 1. The standard InChI is InChI=1S/C9H10AsNO3/c12-6-5-11-9(13)7-1-3-8(10-14)4-2-7/h1-4,12H,5-6H2,(H,11,13). The van der Waals surface area contributed by atoms with Crippen LogP contribution in [-0.4, -0.2) is 39.9 Å². The molecule has 0 bridgehead atoms. The van der Waals surface area contributed by atoms with Crippen molar-refractivity contribution in [2.45, 2.75) is 0 Å². The fourth-order valence-electron chi connectivity index (χ4n) is 0.945. The second kappa shape index (κ2) is 5.68. The molecule has 1 amide bonds. The van der Waals surface area contributed by atoms with Crippen molar-refractivity contribution in [3.05, 3.63) is 29.8 Å². The van der Waals surface area contributed by atoms with Gasteiger partial charge in [-0.25, -0.2) is 0 Å². The third-order valence-electron chi connectivity index (χ3n) is 1.63. The number of amides is 1. The summed E-state index contributed by atoms with van der Waals surface area (Å²) in [6.07, 6.45) is 0. The van der Waals surface area contributed by atoms with Crippen LogP contribution in [0.3, 0.4) is 0 Å². The van der Waals surface area contributed by atoms with E-state index in [1.807, 2.05) is 0 Å². The van der Waals surface area contributed by atoms with Gasteiger partial charge in [0.1, 0.15) is 0 Å². The molecule has 0 spiro atoms. The van der Waals surface area contributed by atoms with Gasteiger partial charge in [0.15, 0.2) is 0 Å². The molecule has 1 aromatic carbocycles. The van der Waals surface area contributed by atoms with Gasteiger partial charge in [-0.3, -0.25) is 0 Å². The number of carbonyl (C=O) groups is 1. The number of nitrogens with one attached hydrogen (secondary N) is 1. The zero-order chi connectivity index (χ0) is 10.4. The van der Waals surface area contributed by atoms with Crippen LogP contribution >= 0.6 is 0 Å². The zero-order valence-corrected chi connectivity index (χ0v) is 9.31. The van der Waals surface area contributed by atoms with Crippen molar-refractivity contribution >= 4 is 25.9 Å². The van der Waals surface area contributed by atoms with E-state index >= 15 is 0 Å². The molecule has 5 heteroatoms. The van der Waals surface area contributed by atoms with Gasteiger partial charge in [-0.15, -0.1) is 0 Å². The Bertz CT molecular complexity index is 323. The minimum atomic E-state index is -1.03. The fraction of sp³-hybridized carbons (Fsp3) is 0.222. The Balaban J connectivity index is 2.66. The second-order valence-electron chi connectivity index (χ2n) is 2.62. The van der Waals surface area contributed by atoms with Crippen LogP contribution in [-0.2, 0) is 3.74 Å². The van der Waals surface area contributed by atoms with Gasteiger partial charge in [0.2, 0.25) is 0 Å². The number of hydrogen-bond acceptors (Lipinski definition) is 3. The van der Waals surface area contributed by atoms with E-state index in [1.165, 1.54) is 0 Å². The SMILES string of the molecule is O=[As]c1ccc(C(=O)NCCO)cc1. The van der Waals surface area contributed by atoms with Gasteiger partial charge in [-0.2, -0.15) is 0 Å². The first-order valence-electron chi connectivity index (χ1n) is 4.10. The number of aliphatic hydroxyl groups excluding tert-OH is 1. The molecule has 0 heterocycles. The van der Waals surface area contributed by atoms with Gasteiger partial charge in [0, 0.05) is 0 Å². The van der Waals surface area contributed by atoms with Gasteiger partial charge in [-0.05, 0) is 0 Å². The molecule has 0 aliphatic carbocycles. The number of hydrogen-bond donors (Lipinski definition) is 2.